The Morgan fingerprint density at radius 2 is 1.52 bits per heavy atom. The second kappa shape index (κ2) is 8.02. The maximum Gasteiger partial charge on any atom is 0.573 e. The van der Waals surface area contributed by atoms with Gasteiger partial charge in [0.15, 0.2) is 9.84 Å². The highest BCUT2D eigenvalue weighted by Crippen LogP contribution is 2.27. The Labute approximate surface area is 164 Å². The SMILES string of the molecule is O=C(c1ccc(OC(F)(F)F)cc1)N1CCC(S(=O)(=O)c2ccc(F)cc2)CC1. The van der Waals surface area contributed by atoms with E-state index in [9.17, 15) is 30.8 Å². The Hall–Kier alpha value is -2.62. The molecule has 0 atom stereocenters. The molecule has 0 spiro atoms. The van der Waals surface area contributed by atoms with Gasteiger partial charge in [0, 0.05) is 18.7 Å². The van der Waals surface area contributed by atoms with Crippen LogP contribution in [0.1, 0.15) is 23.2 Å². The number of benzene rings is 2. The van der Waals surface area contributed by atoms with Crippen LogP contribution in [-0.2, 0) is 9.84 Å². The largest absolute Gasteiger partial charge is 0.573 e. The van der Waals surface area contributed by atoms with Gasteiger partial charge < -0.3 is 9.64 Å². The van der Waals surface area contributed by atoms with Crippen molar-refractivity contribution < 1.29 is 35.5 Å². The Kier molecular flexibility index (Phi) is 5.83. The number of halogens is 4. The Morgan fingerprint density at radius 3 is 2.03 bits per heavy atom. The van der Waals surface area contributed by atoms with Gasteiger partial charge in [0.05, 0.1) is 10.1 Å². The van der Waals surface area contributed by atoms with Gasteiger partial charge in [-0.15, -0.1) is 13.2 Å². The monoisotopic (exact) mass is 431 g/mol. The van der Waals surface area contributed by atoms with E-state index in [2.05, 4.69) is 4.74 Å². The minimum Gasteiger partial charge on any atom is -0.406 e. The molecule has 0 aromatic heterocycles. The maximum atomic E-state index is 13.0. The third-order valence-electron chi connectivity index (χ3n) is 4.65. The molecule has 2 aromatic carbocycles. The fourth-order valence-electron chi connectivity index (χ4n) is 3.17. The number of carbonyl (C=O) groups excluding carboxylic acids is 1. The van der Waals surface area contributed by atoms with Crippen molar-refractivity contribution in [2.75, 3.05) is 13.1 Å². The van der Waals surface area contributed by atoms with E-state index in [4.69, 9.17) is 0 Å². The zero-order valence-electron chi connectivity index (χ0n) is 15.0. The van der Waals surface area contributed by atoms with E-state index < -0.39 is 38.9 Å². The lowest BCUT2D eigenvalue weighted by molar-refractivity contribution is -0.274. The first-order chi connectivity index (χ1) is 13.6. The molecule has 10 heteroatoms. The second-order valence-electron chi connectivity index (χ2n) is 6.56. The van der Waals surface area contributed by atoms with Gasteiger partial charge in [-0.1, -0.05) is 0 Å². The molecule has 29 heavy (non-hydrogen) atoms. The molecule has 0 aliphatic carbocycles. The summed E-state index contributed by atoms with van der Waals surface area (Å²) in [4.78, 5) is 14.0. The van der Waals surface area contributed by atoms with Crippen LogP contribution in [0, 0.1) is 5.82 Å². The number of nitrogens with zero attached hydrogens (tertiary/aromatic N) is 1. The Morgan fingerprint density at radius 1 is 0.966 bits per heavy atom. The number of carbonyl (C=O) groups is 1. The van der Waals surface area contributed by atoms with Crippen molar-refractivity contribution in [3.63, 3.8) is 0 Å². The number of hydrogen-bond acceptors (Lipinski definition) is 4. The Balaban J connectivity index is 1.63. The summed E-state index contributed by atoms with van der Waals surface area (Å²) in [5.74, 6) is -1.37. The molecule has 1 fully saturated rings. The molecule has 0 radical (unpaired) electrons. The van der Waals surface area contributed by atoms with E-state index in [1.54, 1.807) is 0 Å². The molecule has 0 N–H and O–H groups in total. The standard InChI is InChI=1S/C19H17F4NO4S/c20-14-3-7-16(8-4-14)29(26,27)17-9-11-24(12-10-17)18(25)13-1-5-15(6-2-13)28-19(21,22)23/h1-8,17H,9-12H2. The van der Waals surface area contributed by atoms with Gasteiger partial charge in [-0.2, -0.15) is 0 Å². The topological polar surface area (TPSA) is 63.7 Å². The molecule has 1 aliphatic heterocycles. The number of sulfone groups is 1. The zero-order valence-corrected chi connectivity index (χ0v) is 15.8. The normalized spacial score (nSPS) is 15.9. The van der Waals surface area contributed by atoms with Crippen LogP contribution in [0.25, 0.3) is 0 Å². The van der Waals surface area contributed by atoms with Crippen LogP contribution < -0.4 is 4.74 Å². The quantitative estimate of drug-likeness (QED) is 0.546. The molecule has 1 heterocycles. The maximum absolute atomic E-state index is 13.0. The van der Waals surface area contributed by atoms with E-state index >= 15 is 0 Å². The summed E-state index contributed by atoms with van der Waals surface area (Å²) < 4.78 is 78.7. The smallest absolute Gasteiger partial charge is 0.406 e. The lowest BCUT2D eigenvalue weighted by Gasteiger charge is -2.31. The lowest BCUT2D eigenvalue weighted by atomic mass is 10.1. The van der Waals surface area contributed by atoms with Crippen LogP contribution in [0.4, 0.5) is 17.6 Å². The molecule has 0 saturated carbocycles. The fraction of sp³-hybridized carbons (Fsp3) is 0.316. The molecular weight excluding hydrogens is 414 g/mol. The van der Waals surface area contributed by atoms with E-state index in [0.29, 0.717) is 0 Å². The van der Waals surface area contributed by atoms with Crippen molar-refractivity contribution in [3.8, 4) is 5.75 Å². The van der Waals surface area contributed by atoms with E-state index in [1.807, 2.05) is 0 Å². The molecule has 1 aliphatic rings. The molecule has 1 saturated heterocycles. The van der Waals surface area contributed by atoms with E-state index in [1.165, 1.54) is 29.2 Å². The number of likely N-dealkylation sites (tertiary alicyclic amines) is 1. The molecule has 5 nitrogen and oxygen atoms in total. The van der Waals surface area contributed by atoms with Crippen LogP contribution in [-0.4, -0.2) is 43.9 Å². The van der Waals surface area contributed by atoms with Crippen LogP contribution in [0.2, 0.25) is 0 Å². The van der Waals surface area contributed by atoms with Crippen molar-refractivity contribution in [3.05, 3.63) is 59.9 Å². The van der Waals surface area contributed by atoms with Crippen LogP contribution in [0.5, 0.6) is 5.75 Å². The summed E-state index contributed by atoms with van der Waals surface area (Å²) in [5, 5.41) is -0.695. The van der Waals surface area contributed by atoms with Gasteiger partial charge in [-0.3, -0.25) is 4.79 Å². The van der Waals surface area contributed by atoms with Gasteiger partial charge in [0.2, 0.25) is 0 Å². The number of alkyl halides is 3. The van der Waals surface area contributed by atoms with E-state index in [-0.39, 0.29) is 36.4 Å². The van der Waals surface area contributed by atoms with Crippen molar-refractivity contribution >= 4 is 15.7 Å². The predicted molar refractivity (Wildman–Crippen MR) is 95.6 cm³/mol. The molecule has 1 amide bonds. The highest BCUT2D eigenvalue weighted by atomic mass is 32.2. The van der Waals surface area contributed by atoms with Crippen LogP contribution >= 0.6 is 0 Å². The minimum atomic E-state index is -4.82. The number of rotatable bonds is 4. The van der Waals surface area contributed by atoms with Crippen molar-refractivity contribution in [1.29, 1.82) is 0 Å². The summed E-state index contributed by atoms with van der Waals surface area (Å²) in [5.41, 5.74) is 0.180. The number of hydrogen-bond donors (Lipinski definition) is 0. The van der Waals surface area contributed by atoms with Gasteiger partial charge in [0.25, 0.3) is 5.91 Å². The average molecular weight is 431 g/mol. The predicted octanol–water partition coefficient (Wildman–Crippen LogP) is 3.80. The van der Waals surface area contributed by atoms with Gasteiger partial charge >= 0.3 is 6.36 Å². The molecular formula is C19H17F4NO4S. The first kappa shape index (κ1) is 21.1. The fourth-order valence-corrected chi connectivity index (χ4v) is 4.90. The van der Waals surface area contributed by atoms with Crippen molar-refractivity contribution in [1.82, 2.24) is 4.90 Å². The summed E-state index contributed by atoms with van der Waals surface area (Å²) in [7, 11) is -3.64. The average Bonchev–Trinajstić information content (AvgIpc) is 2.67. The third kappa shape index (κ3) is 5.06. The summed E-state index contributed by atoms with van der Waals surface area (Å²) in [6.45, 7) is 0.370. The molecule has 3 rings (SSSR count). The Bertz CT molecular complexity index is 965. The van der Waals surface area contributed by atoms with Crippen LogP contribution in [0.15, 0.2) is 53.4 Å². The lowest BCUT2D eigenvalue weighted by Crippen LogP contribution is -2.42. The molecule has 156 valence electrons. The van der Waals surface area contributed by atoms with Crippen LogP contribution in [0.3, 0.4) is 0 Å². The highest BCUT2D eigenvalue weighted by molar-refractivity contribution is 7.92. The first-order valence-electron chi connectivity index (χ1n) is 8.71. The summed E-state index contributed by atoms with van der Waals surface area (Å²) in [6, 6.07) is 9.14. The van der Waals surface area contributed by atoms with Gasteiger partial charge in [0.1, 0.15) is 11.6 Å². The molecule has 0 bridgehead atoms. The first-order valence-corrected chi connectivity index (χ1v) is 10.3. The number of ether oxygens (including phenoxy) is 1. The molecule has 0 unspecified atom stereocenters. The highest BCUT2D eigenvalue weighted by Gasteiger charge is 2.33. The van der Waals surface area contributed by atoms with E-state index in [0.717, 1.165) is 24.3 Å². The molecule has 2 aromatic rings. The third-order valence-corrected chi connectivity index (χ3v) is 6.92. The van der Waals surface area contributed by atoms with Gasteiger partial charge in [-0.25, -0.2) is 12.8 Å². The second-order valence-corrected chi connectivity index (χ2v) is 8.79. The zero-order chi connectivity index (χ0) is 21.2. The number of amides is 1. The number of piperidine rings is 1. The minimum absolute atomic E-state index is 0.0314. The summed E-state index contributed by atoms with van der Waals surface area (Å²) >= 11 is 0. The van der Waals surface area contributed by atoms with Gasteiger partial charge in [-0.05, 0) is 61.4 Å². The van der Waals surface area contributed by atoms with Crippen molar-refractivity contribution in [2.24, 2.45) is 0 Å². The van der Waals surface area contributed by atoms with Crippen molar-refractivity contribution in [2.45, 2.75) is 29.3 Å². The summed E-state index contributed by atoms with van der Waals surface area (Å²) in [6.07, 6.45) is -4.40.